The summed E-state index contributed by atoms with van der Waals surface area (Å²) in [6.45, 7) is 0. The molecular formula is C12H12F2O3. The minimum Gasteiger partial charge on any atom is -0.493 e. The van der Waals surface area contributed by atoms with Crippen LogP contribution >= 0.6 is 0 Å². The molecule has 1 saturated carbocycles. The van der Waals surface area contributed by atoms with Crippen LogP contribution in [0.3, 0.4) is 0 Å². The van der Waals surface area contributed by atoms with E-state index in [9.17, 15) is 13.6 Å². The van der Waals surface area contributed by atoms with Crippen LogP contribution in [-0.4, -0.2) is 18.2 Å². The number of benzene rings is 1. The van der Waals surface area contributed by atoms with Crippen LogP contribution in [-0.2, 0) is 11.2 Å². The normalized spacial score (nSPS) is 16.6. The molecular weight excluding hydrogens is 230 g/mol. The molecule has 0 spiro atoms. The summed E-state index contributed by atoms with van der Waals surface area (Å²) in [7, 11) is 1.24. The highest BCUT2D eigenvalue weighted by Crippen LogP contribution is 2.49. The van der Waals surface area contributed by atoms with E-state index < -0.39 is 23.0 Å². The summed E-state index contributed by atoms with van der Waals surface area (Å²) >= 11 is 0. The maximum absolute atomic E-state index is 13.4. The smallest absolute Gasteiger partial charge is 0.309 e. The predicted octanol–water partition coefficient (Wildman–Crippen LogP) is 2.38. The van der Waals surface area contributed by atoms with Crippen molar-refractivity contribution in [1.29, 1.82) is 0 Å². The number of methoxy groups -OCH3 is 1. The lowest BCUT2D eigenvalue weighted by atomic mass is 9.96. The molecule has 92 valence electrons. The second-order valence-electron chi connectivity index (χ2n) is 4.32. The fourth-order valence-electron chi connectivity index (χ4n) is 1.91. The third kappa shape index (κ3) is 1.97. The second-order valence-corrected chi connectivity index (χ2v) is 4.32. The van der Waals surface area contributed by atoms with Crippen molar-refractivity contribution in [1.82, 2.24) is 0 Å². The van der Waals surface area contributed by atoms with Crippen LogP contribution in [0, 0.1) is 17.0 Å². The van der Waals surface area contributed by atoms with Crippen molar-refractivity contribution in [2.75, 3.05) is 7.11 Å². The van der Waals surface area contributed by atoms with E-state index in [0.29, 0.717) is 18.4 Å². The molecule has 5 heteroatoms. The number of carboxylic acid groups (broad SMARTS) is 1. The van der Waals surface area contributed by atoms with Gasteiger partial charge < -0.3 is 9.84 Å². The Balaban J connectivity index is 2.34. The number of hydrogen-bond acceptors (Lipinski definition) is 2. The Hall–Kier alpha value is -1.65. The van der Waals surface area contributed by atoms with E-state index in [1.807, 2.05) is 0 Å². The molecule has 0 bridgehead atoms. The predicted molar refractivity (Wildman–Crippen MR) is 55.9 cm³/mol. The van der Waals surface area contributed by atoms with E-state index in [1.165, 1.54) is 13.2 Å². The van der Waals surface area contributed by atoms with E-state index in [1.54, 1.807) is 0 Å². The number of carboxylic acids is 1. The van der Waals surface area contributed by atoms with Crippen LogP contribution in [0.5, 0.6) is 5.75 Å². The van der Waals surface area contributed by atoms with Crippen molar-refractivity contribution in [3.63, 3.8) is 0 Å². The molecule has 3 nitrogen and oxygen atoms in total. The average Bonchev–Trinajstić information content (AvgIpc) is 3.05. The lowest BCUT2D eigenvalue weighted by Crippen LogP contribution is -2.18. The summed E-state index contributed by atoms with van der Waals surface area (Å²) in [4.78, 5) is 11.0. The Morgan fingerprint density at radius 2 is 2.12 bits per heavy atom. The summed E-state index contributed by atoms with van der Waals surface area (Å²) in [6, 6.07) is 2.37. The molecule has 0 aromatic heterocycles. The molecule has 0 saturated heterocycles. The van der Waals surface area contributed by atoms with Gasteiger partial charge in [0.25, 0.3) is 0 Å². The fourth-order valence-corrected chi connectivity index (χ4v) is 1.91. The van der Waals surface area contributed by atoms with E-state index in [2.05, 4.69) is 0 Å². The molecule has 1 aliphatic rings. The zero-order valence-corrected chi connectivity index (χ0v) is 9.30. The van der Waals surface area contributed by atoms with Crippen molar-refractivity contribution in [2.45, 2.75) is 19.3 Å². The number of hydrogen-bond donors (Lipinski definition) is 1. The summed E-state index contributed by atoms with van der Waals surface area (Å²) in [5.74, 6) is -3.15. The van der Waals surface area contributed by atoms with Gasteiger partial charge in [-0.25, -0.2) is 4.39 Å². The number of ether oxygens (including phenoxy) is 1. The van der Waals surface area contributed by atoms with Crippen LogP contribution in [0.15, 0.2) is 12.1 Å². The molecule has 1 N–H and O–H groups in total. The molecule has 17 heavy (non-hydrogen) atoms. The van der Waals surface area contributed by atoms with Crippen LogP contribution in [0.2, 0.25) is 0 Å². The number of rotatable bonds is 4. The topological polar surface area (TPSA) is 46.5 Å². The molecule has 0 heterocycles. The maximum Gasteiger partial charge on any atom is 0.309 e. The van der Waals surface area contributed by atoms with Crippen LogP contribution in [0.1, 0.15) is 18.4 Å². The summed E-state index contributed by atoms with van der Waals surface area (Å²) in [5.41, 5.74) is -0.427. The van der Waals surface area contributed by atoms with Gasteiger partial charge in [-0.2, -0.15) is 4.39 Å². The third-order valence-electron chi connectivity index (χ3n) is 3.17. The molecule has 1 aliphatic carbocycles. The summed E-state index contributed by atoms with van der Waals surface area (Å²) < 4.78 is 31.2. The van der Waals surface area contributed by atoms with Gasteiger partial charge in [0.2, 0.25) is 5.82 Å². The van der Waals surface area contributed by atoms with Crippen molar-refractivity contribution in [2.24, 2.45) is 5.41 Å². The molecule has 0 aliphatic heterocycles. The van der Waals surface area contributed by atoms with Gasteiger partial charge >= 0.3 is 5.97 Å². The van der Waals surface area contributed by atoms with Crippen LogP contribution in [0.25, 0.3) is 0 Å². The number of carbonyl (C=O) groups is 1. The van der Waals surface area contributed by atoms with Crippen LogP contribution < -0.4 is 4.74 Å². The van der Waals surface area contributed by atoms with Crippen molar-refractivity contribution >= 4 is 5.97 Å². The standard InChI is InChI=1S/C12H12F2O3/c1-17-10-7(2-3-8(13)9(10)14)6-12(4-5-12)11(15)16/h2-3H,4-6H2,1H3,(H,15,16). The Morgan fingerprint density at radius 1 is 1.47 bits per heavy atom. The SMILES string of the molecule is COc1c(CC2(C(=O)O)CC2)ccc(F)c1F. The van der Waals surface area contributed by atoms with Gasteiger partial charge in [-0.1, -0.05) is 6.07 Å². The maximum atomic E-state index is 13.4. The lowest BCUT2D eigenvalue weighted by Gasteiger charge is -2.13. The Labute approximate surface area is 97.0 Å². The summed E-state index contributed by atoms with van der Waals surface area (Å²) in [6.07, 6.45) is 1.29. The van der Waals surface area contributed by atoms with E-state index >= 15 is 0 Å². The van der Waals surface area contributed by atoms with Crippen molar-refractivity contribution in [3.8, 4) is 5.75 Å². The minimum absolute atomic E-state index is 0.169. The minimum atomic E-state index is -1.06. The molecule has 1 aromatic carbocycles. The first-order chi connectivity index (χ1) is 8.00. The molecule has 0 unspecified atom stereocenters. The van der Waals surface area contributed by atoms with E-state index in [4.69, 9.17) is 9.84 Å². The molecule has 2 rings (SSSR count). The lowest BCUT2D eigenvalue weighted by molar-refractivity contribution is -0.143. The van der Waals surface area contributed by atoms with Gasteiger partial charge in [-0.05, 0) is 30.9 Å². The van der Waals surface area contributed by atoms with Crippen LogP contribution in [0.4, 0.5) is 8.78 Å². The highest BCUT2D eigenvalue weighted by Gasteiger charge is 2.50. The van der Waals surface area contributed by atoms with Crippen molar-refractivity contribution in [3.05, 3.63) is 29.3 Å². The first kappa shape index (κ1) is 11.8. The number of halogens is 2. The quantitative estimate of drug-likeness (QED) is 0.881. The summed E-state index contributed by atoms with van der Waals surface area (Å²) in [5, 5.41) is 9.04. The van der Waals surface area contributed by atoms with Gasteiger partial charge in [0.15, 0.2) is 11.6 Å². The molecule has 0 radical (unpaired) electrons. The first-order valence-corrected chi connectivity index (χ1v) is 5.24. The van der Waals surface area contributed by atoms with Gasteiger partial charge in [0.1, 0.15) is 0 Å². The second kappa shape index (κ2) is 3.98. The zero-order valence-electron chi connectivity index (χ0n) is 9.30. The average molecular weight is 242 g/mol. The third-order valence-corrected chi connectivity index (χ3v) is 3.17. The van der Waals surface area contributed by atoms with Crippen molar-refractivity contribution < 1.29 is 23.4 Å². The Morgan fingerprint density at radius 3 is 2.59 bits per heavy atom. The highest BCUT2D eigenvalue weighted by molar-refractivity contribution is 5.78. The zero-order chi connectivity index (χ0) is 12.6. The Kier molecular flexibility index (Phi) is 2.77. The van der Waals surface area contributed by atoms with Gasteiger partial charge in [0.05, 0.1) is 12.5 Å². The molecule has 0 amide bonds. The van der Waals surface area contributed by atoms with E-state index in [0.717, 1.165) is 6.07 Å². The van der Waals surface area contributed by atoms with Gasteiger partial charge in [-0.3, -0.25) is 4.79 Å². The molecule has 1 aromatic rings. The monoisotopic (exact) mass is 242 g/mol. The van der Waals surface area contributed by atoms with E-state index in [-0.39, 0.29) is 12.2 Å². The molecule has 1 fully saturated rings. The fraction of sp³-hybridized carbons (Fsp3) is 0.417. The Bertz CT molecular complexity index is 467. The largest absolute Gasteiger partial charge is 0.493 e. The first-order valence-electron chi connectivity index (χ1n) is 5.24. The van der Waals surface area contributed by atoms with Gasteiger partial charge in [-0.15, -0.1) is 0 Å². The molecule has 0 atom stereocenters. The van der Waals surface area contributed by atoms with Gasteiger partial charge in [0, 0.05) is 0 Å². The highest BCUT2D eigenvalue weighted by atomic mass is 19.2. The number of aliphatic carboxylic acids is 1.